The van der Waals surface area contributed by atoms with Crippen molar-refractivity contribution in [1.29, 1.82) is 0 Å². The van der Waals surface area contributed by atoms with Crippen LogP contribution < -0.4 is 5.43 Å². The number of nitrogens with one attached hydrogen (secondary N) is 1. The van der Waals surface area contributed by atoms with Gasteiger partial charge in [0.15, 0.2) is 5.43 Å². The molecule has 0 spiro atoms. The molecule has 114 valence electrons. The van der Waals surface area contributed by atoms with Gasteiger partial charge in [0.25, 0.3) is 5.91 Å². The summed E-state index contributed by atoms with van der Waals surface area (Å²) in [6, 6.07) is 6.79. The van der Waals surface area contributed by atoms with Crippen LogP contribution in [0.3, 0.4) is 0 Å². The molecular weight excluding hydrogens is 278 g/mol. The number of nitrogens with zero attached hydrogens (tertiary/aromatic N) is 2. The molecule has 1 fully saturated rings. The molecule has 2 aromatic rings. The molecule has 2 aromatic heterocycles. The zero-order valence-corrected chi connectivity index (χ0v) is 12.6. The Hall–Kier alpha value is -2.43. The third-order valence-electron chi connectivity index (χ3n) is 4.05. The number of aryl methyl sites for hydroxylation is 1. The number of aromatic nitrogens is 2. The molecule has 3 rings (SSSR count). The van der Waals surface area contributed by atoms with Crippen LogP contribution >= 0.6 is 0 Å². The summed E-state index contributed by atoms with van der Waals surface area (Å²) < 4.78 is 0. The Kier molecular flexibility index (Phi) is 4.04. The molecule has 5 heteroatoms. The average molecular weight is 297 g/mol. The number of aromatic amines is 1. The Morgan fingerprint density at radius 2 is 2.27 bits per heavy atom. The van der Waals surface area contributed by atoms with E-state index in [1.165, 1.54) is 0 Å². The van der Waals surface area contributed by atoms with Gasteiger partial charge < -0.3 is 9.88 Å². The normalized spacial score (nSPS) is 18.2. The highest BCUT2D eigenvalue weighted by Crippen LogP contribution is 2.26. The Morgan fingerprint density at radius 1 is 1.41 bits per heavy atom. The second-order valence-electron chi connectivity index (χ2n) is 5.79. The van der Waals surface area contributed by atoms with Crippen molar-refractivity contribution in [3.05, 3.63) is 63.8 Å². The molecule has 1 aliphatic heterocycles. The van der Waals surface area contributed by atoms with E-state index in [1.54, 1.807) is 36.7 Å². The topological polar surface area (TPSA) is 66.1 Å². The molecule has 0 aliphatic carbocycles. The van der Waals surface area contributed by atoms with Gasteiger partial charge in [-0.2, -0.15) is 0 Å². The first kappa shape index (κ1) is 14.5. The van der Waals surface area contributed by atoms with Gasteiger partial charge >= 0.3 is 0 Å². The lowest BCUT2D eigenvalue weighted by molar-refractivity contribution is 0.0705. The van der Waals surface area contributed by atoms with E-state index in [0.29, 0.717) is 12.1 Å². The number of hydrogen-bond acceptors (Lipinski definition) is 3. The van der Waals surface area contributed by atoms with E-state index in [1.807, 2.05) is 11.8 Å². The van der Waals surface area contributed by atoms with Gasteiger partial charge in [0, 0.05) is 54.9 Å². The summed E-state index contributed by atoms with van der Waals surface area (Å²) >= 11 is 0. The number of likely N-dealkylation sites (tertiary alicyclic amines) is 1. The summed E-state index contributed by atoms with van der Waals surface area (Å²) in [5.41, 5.74) is 2.41. The number of carbonyl (C=O) groups excluding carboxylic acids is 1. The predicted octanol–water partition coefficient (Wildman–Crippen LogP) is 2.10. The van der Waals surface area contributed by atoms with Crippen molar-refractivity contribution in [2.45, 2.75) is 25.7 Å². The molecule has 1 amide bonds. The van der Waals surface area contributed by atoms with Crippen LogP contribution in [0.4, 0.5) is 0 Å². The first-order chi connectivity index (χ1) is 10.6. The SMILES string of the molecule is Cc1cc(=O)cc([C@H]2CCCN(C(=O)c3cccnc3)C2)[nH]1. The first-order valence-corrected chi connectivity index (χ1v) is 7.53. The van der Waals surface area contributed by atoms with Crippen molar-refractivity contribution in [2.24, 2.45) is 0 Å². The number of hydrogen-bond donors (Lipinski definition) is 1. The fraction of sp³-hybridized carbons (Fsp3) is 0.353. The van der Waals surface area contributed by atoms with Gasteiger partial charge in [0.2, 0.25) is 0 Å². The van der Waals surface area contributed by atoms with Gasteiger partial charge in [-0.3, -0.25) is 14.6 Å². The molecule has 0 bridgehead atoms. The second kappa shape index (κ2) is 6.13. The summed E-state index contributed by atoms with van der Waals surface area (Å²) in [6.45, 7) is 3.26. The summed E-state index contributed by atoms with van der Waals surface area (Å²) in [7, 11) is 0. The zero-order valence-electron chi connectivity index (χ0n) is 12.6. The van der Waals surface area contributed by atoms with E-state index < -0.39 is 0 Å². The summed E-state index contributed by atoms with van der Waals surface area (Å²) in [5.74, 6) is 0.190. The molecule has 0 saturated carbocycles. The number of carbonyl (C=O) groups is 1. The number of pyridine rings is 2. The quantitative estimate of drug-likeness (QED) is 0.923. The molecule has 3 heterocycles. The van der Waals surface area contributed by atoms with Crippen LogP contribution in [-0.2, 0) is 0 Å². The molecule has 0 unspecified atom stereocenters. The third kappa shape index (κ3) is 3.08. The molecule has 1 N–H and O–H groups in total. The van der Waals surface area contributed by atoms with Gasteiger partial charge in [-0.1, -0.05) is 0 Å². The highest BCUT2D eigenvalue weighted by atomic mass is 16.2. The van der Waals surface area contributed by atoms with Crippen LogP contribution in [0, 0.1) is 6.92 Å². The Balaban J connectivity index is 1.79. The van der Waals surface area contributed by atoms with E-state index in [0.717, 1.165) is 30.8 Å². The maximum atomic E-state index is 12.5. The number of amides is 1. The first-order valence-electron chi connectivity index (χ1n) is 7.53. The lowest BCUT2D eigenvalue weighted by Crippen LogP contribution is -2.39. The van der Waals surface area contributed by atoms with Gasteiger partial charge in [0.05, 0.1) is 5.56 Å². The fourth-order valence-corrected chi connectivity index (χ4v) is 3.02. The maximum absolute atomic E-state index is 12.5. The predicted molar refractivity (Wildman–Crippen MR) is 83.9 cm³/mol. The maximum Gasteiger partial charge on any atom is 0.255 e. The van der Waals surface area contributed by atoms with Crippen molar-refractivity contribution >= 4 is 5.91 Å². The van der Waals surface area contributed by atoms with E-state index >= 15 is 0 Å². The van der Waals surface area contributed by atoms with Crippen LogP contribution in [0.2, 0.25) is 0 Å². The lowest BCUT2D eigenvalue weighted by Gasteiger charge is -2.33. The van der Waals surface area contributed by atoms with Crippen molar-refractivity contribution < 1.29 is 4.79 Å². The fourth-order valence-electron chi connectivity index (χ4n) is 3.02. The Bertz CT molecular complexity index is 724. The molecule has 1 aliphatic rings. The van der Waals surface area contributed by atoms with Crippen LogP contribution in [0.15, 0.2) is 41.5 Å². The van der Waals surface area contributed by atoms with Gasteiger partial charge in [-0.25, -0.2) is 0 Å². The summed E-state index contributed by atoms with van der Waals surface area (Å²) in [4.78, 5) is 33.3. The Morgan fingerprint density at radius 3 is 3.00 bits per heavy atom. The highest BCUT2D eigenvalue weighted by molar-refractivity contribution is 5.93. The van der Waals surface area contributed by atoms with Gasteiger partial charge in [-0.05, 0) is 31.9 Å². The van der Waals surface area contributed by atoms with E-state index in [9.17, 15) is 9.59 Å². The molecule has 5 nitrogen and oxygen atoms in total. The Labute approximate surface area is 129 Å². The third-order valence-corrected chi connectivity index (χ3v) is 4.05. The van der Waals surface area contributed by atoms with Crippen LogP contribution in [0.25, 0.3) is 0 Å². The van der Waals surface area contributed by atoms with Crippen molar-refractivity contribution in [1.82, 2.24) is 14.9 Å². The summed E-state index contributed by atoms with van der Waals surface area (Å²) in [6.07, 6.45) is 5.18. The average Bonchev–Trinajstić information content (AvgIpc) is 2.54. The molecule has 1 atom stereocenters. The molecule has 1 saturated heterocycles. The van der Waals surface area contributed by atoms with Gasteiger partial charge in [-0.15, -0.1) is 0 Å². The lowest BCUT2D eigenvalue weighted by atomic mass is 9.93. The highest BCUT2D eigenvalue weighted by Gasteiger charge is 2.26. The molecular formula is C17H19N3O2. The number of piperidine rings is 1. The van der Waals surface area contributed by atoms with E-state index in [-0.39, 0.29) is 17.3 Å². The summed E-state index contributed by atoms with van der Waals surface area (Å²) in [5, 5.41) is 0. The zero-order chi connectivity index (χ0) is 15.5. The standard InChI is InChI=1S/C17H19N3O2/c1-12-8-15(21)9-16(19-12)14-5-3-7-20(11-14)17(22)13-4-2-6-18-10-13/h2,4,6,8-10,14H,3,5,7,11H2,1H3,(H,19,21)/t14-/m0/s1. The van der Waals surface area contributed by atoms with Crippen molar-refractivity contribution in [3.8, 4) is 0 Å². The minimum atomic E-state index is 0.00722. The smallest absolute Gasteiger partial charge is 0.255 e. The van der Waals surface area contributed by atoms with Crippen LogP contribution in [0.1, 0.15) is 40.5 Å². The van der Waals surface area contributed by atoms with Crippen molar-refractivity contribution in [3.63, 3.8) is 0 Å². The van der Waals surface area contributed by atoms with Crippen LogP contribution in [-0.4, -0.2) is 33.9 Å². The number of H-pyrrole nitrogens is 1. The second-order valence-corrected chi connectivity index (χ2v) is 5.79. The molecule has 0 aromatic carbocycles. The molecule has 0 radical (unpaired) electrons. The van der Waals surface area contributed by atoms with E-state index in [4.69, 9.17) is 0 Å². The molecule has 22 heavy (non-hydrogen) atoms. The monoisotopic (exact) mass is 297 g/mol. The largest absolute Gasteiger partial charge is 0.362 e. The van der Waals surface area contributed by atoms with Crippen LogP contribution in [0.5, 0.6) is 0 Å². The minimum Gasteiger partial charge on any atom is -0.362 e. The number of rotatable bonds is 2. The van der Waals surface area contributed by atoms with Crippen molar-refractivity contribution in [2.75, 3.05) is 13.1 Å². The minimum absolute atomic E-state index is 0.00722. The van der Waals surface area contributed by atoms with Gasteiger partial charge in [0.1, 0.15) is 0 Å². The van der Waals surface area contributed by atoms with E-state index in [2.05, 4.69) is 9.97 Å².